The van der Waals surface area contributed by atoms with Crippen molar-refractivity contribution in [3.63, 3.8) is 0 Å². The van der Waals surface area contributed by atoms with Crippen molar-refractivity contribution in [2.75, 3.05) is 19.6 Å². The van der Waals surface area contributed by atoms with Crippen LogP contribution in [0.15, 0.2) is 12.7 Å². The van der Waals surface area contributed by atoms with Gasteiger partial charge >= 0.3 is 12.0 Å². The minimum Gasteiger partial charge on any atom is -0.480 e. The van der Waals surface area contributed by atoms with Gasteiger partial charge in [0.1, 0.15) is 6.54 Å². The van der Waals surface area contributed by atoms with Crippen LogP contribution < -0.4 is 10.6 Å². The molecular weight excluding hydrogens is 238 g/mol. The summed E-state index contributed by atoms with van der Waals surface area (Å²) in [5.41, 5.74) is 0. The Kier molecular flexibility index (Phi) is 5.16. The lowest BCUT2D eigenvalue weighted by Gasteiger charge is -2.19. The van der Waals surface area contributed by atoms with E-state index in [0.717, 1.165) is 17.7 Å². The predicted octanol–water partition coefficient (Wildman–Crippen LogP) is -0.453. The van der Waals surface area contributed by atoms with Crippen molar-refractivity contribution in [2.45, 2.75) is 18.9 Å². The first-order valence-corrected chi connectivity index (χ1v) is 5.67. The van der Waals surface area contributed by atoms with E-state index >= 15 is 0 Å². The van der Waals surface area contributed by atoms with Gasteiger partial charge in [-0.1, -0.05) is 6.08 Å². The average molecular weight is 255 g/mol. The Morgan fingerprint density at radius 2 is 2.06 bits per heavy atom. The van der Waals surface area contributed by atoms with E-state index in [-0.39, 0.29) is 25.0 Å². The van der Waals surface area contributed by atoms with Crippen LogP contribution in [0.25, 0.3) is 0 Å². The molecule has 0 spiro atoms. The second-order valence-corrected chi connectivity index (χ2v) is 4.06. The molecule has 0 atom stereocenters. The normalized spacial score (nSPS) is 13.6. The fraction of sp³-hybridized carbons (Fsp3) is 0.545. The van der Waals surface area contributed by atoms with Gasteiger partial charge < -0.3 is 20.6 Å². The highest BCUT2D eigenvalue weighted by molar-refractivity contribution is 5.85. The van der Waals surface area contributed by atoms with Crippen LogP contribution in [0, 0.1) is 0 Å². The highest BCUT2D eigenvalue weighted by atomic mass is 16.4. The molecule has 7 nitrogen and oxygen atoms in total. The molecule has 0 unspecified atom stereocenters. The lowest BCUT2D eigenvalue weighted by Crippen LogP contribution is -2.46. The molecule has 0 aromatic rings. The molecule has 0 radical (unpaired) electrons. The molecule has 0 bridgehead atoms. The zero-order chi connectivity index (χ0) is 13.5. The minimum atomic E-state index is -1.12. The van der Waals surface area contributed by atoms with Crippen molar-refractivity contribution < 1.29 is 19.5 Å². The first-order valence-electron chi connectivity index (χ1n) is 5.67. The van der Waals surface area contributed by atoms with Gasteiger partial charge in [-0.15, -0.1) is 6.58 Å². The molecule has 0 saturated heterocycles. The number of aliphatic carboxylic acids is 1. The predicted molar refractivity (Wildman–Crippen MR) is 64.0 cm³/mol. The molecule has 1 rings (SSSR count). The molecule has 18 heavy (non-hydrogen) atoms. The summed E-state index contributed by atoms with van der Waals surface area (Å²) in [6.45, 7) is 2.97. The molecule has 1 aliphatic carbocycles. The fourth-order valence-corrected chi connectivity index (χ4v) is 1.31. The second-order valence-electron chi connectivity index (χ2n) is 4.06. The molecule has 7 heteroatoms. The van der Waals surface area contributed by atoms with Crippen molar-refractivity contribution in [2.24, 2.45) is 0 Å². The summed E-state index contributed by atoms with van der Waals surface area (Å²) >= 11 is 0. The van der Waals surface area contributed by atoms with E-state index in [4.69, 9.17) is 5.11 Å². The maximum Gasteiger partial charge on any atom is 0.323 e. The van der Waals surface area contributed by atoms with E-state index in [1.54, 1.807) is 0 Å². The number of carbonyl (C=O) groups is 3. The van der Waals surface area contributed by atoms with Gasteiger partial charge in [0, 0.05) is 12.6 Å². The number of hydrogen-bond donors (Lipinski definition) is 3. The summed E-state index contributed by atoms with van der Waals surface area (Å²) in [4.78, 5) is 34.5. The van der Waals surface area contributed by atoms with Crippen LogP contribution in [-0.4, -0.2) is 53.6 Å². The Balaban J connectivity index is 2.32. The van der Waals surface area contributed by atoms with Crippen molar-refractivity contribution in [3.05, 3.63) is 12.7 Å². The summed E-state index contributed by atoms with van der Waals surface area (Å²) in [6, 6.07) is -0.360. The number of carboxylic acids is 1. The van der Waals surface area contributed by atoms with E-state index in [9.17, 15) is 14.4 Å². The Labute approximate surface area is 105 Å². The monoisotopic (exact) mass is 255 g/mol. The topological polar surface area (TPSA) is 98.7 Å². The van der Waals surface area contributed by atoms with Gasteiger partial charge in [0.05, 0.1) is 6.54 Å². The molecular formula is C11H17N3O4. The van der Waals surface area contributed by atoms with E-state index in [0.29, 0.717) is 0 Å². The van der Waals surface area contributed by atoms with E-state index in [2.05, 4.69) is 17.2 Å². The summed E-state index contributed by atoms with van der Waals surface area (Å²) in [5, 5.41) is 13.7. The zero-order valence-electron chi connectivity index (χ0n) is 10.0. The van der Waals surface area contributed by atoms with Crippen LogP contribution in [-0.2, 0) is 9.59 Å². The molecule has 3 amide bonds. The van der Waals surface area contributed by atoms with Crippen molar-refractivity contribution >= 4 is 17.9 Å². The van der Waals surface area contributed by atoms with Gasteiger partial charge in [-0.05, 0) is 12.8 Å². The number of carbonyl (C=O) groups excluding carboxylic acids is 2. The smallest absolute Gasteiger partial charge is 0.323 e. The third-order valence-corrected chi connectivity index (χ3v) is 2.31. The Hall–Kier alpha value is -2.05. The van der Waals surface area contributed by atoms with Gasteiger partial charge in [0.15, 0.2) is 0 Å². The van der Waals surface area contributed by atoms with Gasteiger partial charge in [-0.2, -0.15) is 0 Å². The van der Waals surface area contributed by atoms with Gasteiger partial charge in [-0.3, -0.25) is 9.59 Å². The van der Waals surface area contributed by atoms with Gasteiger partial charge in [0.25, 0.3) is 0 Å². The van der Waals surface area contributed by atoms with Crippen molar-refractivity contribution in [1.29, 1.82) is 0 Å². The minimum absolute atomic E-state index is 0.113. The molecule has 0 aromatic heterocycles. The largest absolute Gasteiger partial charge is 0.480 e. The Morgan fingerprint density at radius 1 is 1.39 bits per heavy atom. The van der Waals surface area contributed by atoms with E-state index in [1.807, 2.05) is 0 Å². The number of amides is 3. The Morgan fingerprint density at radius 3 is 2.56 bits per heavy atom. The molecule has 1 saturated carbocycles. The third-order valence-electron chi connectivity index (χ3n) is 2.31. The average Bonchev–Trinajstić information content (AvgIpc) is 3.08. The lowest BCUT2D eigenvalue weighted by molar-refractivity contribution is -0.137. The maximum absolute atomic E-state index is 11.6. The standard InChI is InChI=1S/C11H17N3O4/c1-2-5-14(7-10(16)17)11(18)12-6-9(15)13-8-3-4-8/h2,8H,1,3-7H2,(H,12,18)(H,13,15)(H,16,17). The van der Waals surface area contributed by atoms with E-state index in [1.165, 1.54) is 6.08 Å². The number of nitrogens with one attached hydrogen (secondary N) is 2. The number of rotatable bonds is 7. The van der Waals surface area contributed by atoms with Crippen LogP contribution >= 0.6 is 0 Å². The summed E-state index contributed by atoms with van der Waals surface area (Å²) in [5.74, 6) is -1.38. The second kappa shape index (κ2) is 6.63. The Bertz CT molecular complexity index is 352. The molecule has 0 heterocycles. The quantitative estimate of drug-likeness (QED) is 0.536. The fourth-order valence-electron chi connectivity index (χ4n) is 1.31. The summed E-state index contributed by atoms with van der Waals surface area (Å²) in [6.07, 6.45) is 3.37. The molecule has 0 aliphatic heterocycles. The van der Waals surface area contributed by atoms with Gasteiger partial charge in [-0.25, -0.2) is 4.79 Å². The van der Waals surface area contributed by atoms with Crippen LogP contribution in [0.1, 0.15) is 12.8 Å². The van der Waals surface area contributed by atoms with Crippen LogP contribution in [0.3, 0.4) is 0 Å². The van der Waals surface area contributed by atoms with Crippen LogP contribution in [0.2, 0.25) is 0 Å². The van der Waals surface area contributed by atoms with Crippen molar-refractivity contribution in [1.82, 2.24) is 15.5 Å². The molecule has 1 fully saturated rings. The molecule has 0 aromatic carbocycles. The maximum atomic E-state index is 11.6. The number of urea groups is 1. The summed E-state index contributed by atoms with van der Waals surface area (Å²) in [7, 11) is 0. The van der Waals surface area contributed by atoms with Gasteiger partial charge in [0.2, 0.25) is 5.91 Å². The molecule has 1 aliphatic rings. The highest BCUT2D eigenvalue weighted by Crippen LogP contribution is 2.18. The van der Waals surface area contributed by atoms with Crippen molar-refractivity contribution in [3.8, 4) is 0 Å². The van der Waals surface area contributed by atoms with Crippen LogP contribution in [0.4, 0.5) is 4.79 Å². The van der Waals surface area contributed by atoms with Crippen LogP contribution in [0.5, 0.6) is 0 Å². The number of carboxylic acid groups (broad SMARTS) is 1. The number of hydrogen-bond acceptors (Lipinski definition) is 3. The first-order chi connectivity index (χ1) is 8.52. The van der Waals surface area contributed by atoms with E-state index < -0.39 is 18.5 Å². The third kappa shape index (κ3) is 5.33. The first kappa shape index (κ1) is 14.0. The zero-order valence-corrected chi connectivity index (χ0v) is 10.0. The molecule has 3 N–H and O–H groups in total. The summed E-state index contributed by atoms with van der Waals surface area (Å²) < 4.78 is 0. The molecule has 100 valence electrons. The lowest BCUT2D eigenvalue weighted by atomic mass is 10.4. The number of nitrogens with zero attached hydrogens (tertiary/aromatic N) is 1. The SMILES string of the molecule is C=CCN(CC(=O)O)C(=O)NCC(=O)NC1CC1. The highest BCUT2D eigenvalue weighted by Gasteiger charge is 2.23.